The summed E-state index contributed by atoms with van der Waals surface area (Å²) in [4.78, 5) is 7.75. The van der Waals surface area contributed by atoms with Gasteiger partial charge in [-0.1, -0.05) is 23.7 Å². The molecule has 5 nitrogen and oxygen atoms in total. The van der Waals surface area contributed by atoms with Gasteiger partial charge in [-0.05, 0) is 29.7 Å². The van der Waals surface area contributed by atoms with E-state index in [9.17, 15) is 8.42 Å². The Hall–Kier alpha value is -1.50. The van der Waals surface area contributed by atoms with Crippen molar-refractivity contribution in [1.29, 1.82) is 0 Å². The van der Waals surface area contributed by atoms with Gasteiger partial charge in [-0.25, -0.2) is 23.1 Å². The van der Waals surface area contributed by atoms with E-state index in [-0.39, 0.29) is 5.75 Å². The summed E-state index contributed by atoms with van der Waals surface area (Å²) in [5, 5.41) is 0.527. The minimum atomic E-state index is -3.37. The monoisotopic (exact) mass is 311 g/mol. The summed E-state index contributed by atoms with van der Waals surface area (Å²) >= 11 is 5.83. The van der Waals surface area contributed by atoms with Gasteiger partial charge < -0.3 is 0 Å². The highest BCUT2D eigenvalue weighted by Crippen LogP contribution is 2.12. The fraction of sp³-hybridized carbons (Fsp3) is 0.231. The van der Waals surface area contributed by atoms with E-state index in [1.54, 1.807) is 36.7 Å². The number of hydrogen-bond acceptors (Lipinski definition) is 4. The van der Waals surface area contributed by atoms with Gasteiger partial charge in [0, 0.05) is 24.0 Å². The first-order valence-electron chi connectivity index (χ1n) is 6.01. The van der Waals surface area contributed by atoms with Crippen molar-refractivity contribution in [2.45, 2.75) is 12.2 Å². The minimum absolute atomic E-state index is 0.0845. The van der Waals surface area contributed by atoms with Gasteiger partial charge >= 0.3 is 0 Å². The molecule has 1 aromatic heterocycles. The van der Waals surface area contributed by atoms with Crippen molar-refractivity contribution in [3.05, 3.63) is 59.1 Å². The number of rotatable bonds is 6. The quantitative estimate of drug-likeness (QED) is 0.883. The van der Waals surface area contributed by atoms with Gasteiger partial charge in [0.2, 0.25) is 10.0 Å². The molecule has 2 aromatic rings. The molecule has 0 atom stereocenters. The van der Waals surface area contributed by atoms with Crippen LogP contribution in [0, 0.1) is 0 Å². The summed E-state index contributed by atoms with van der Waals surface area (Å²) in [7, 11) is -3.37. The number of sulfonamides is 1. The van der Waals surface area contributed by atoms with Gasteiger partial charge in [-0.3, -0.25) is 0 Å². The fourth-order valence-corrected chi connectivity index (χ4v) is 3.05. The van der Waals surface area contributed by atoms with Crippen LogP contribution in [0.15, 0.2) is 43.0 Å². The SMILES string of the molecule is O=S(=O)(Cc1cccc(Cl)c1)NCCc1cncnc1. The summed E-state index contributed by atoms with van der Waals surface area (Å²) in [5.74, 6) is -0.0845. The average molecular weight is 312 g/mol. The Bertz CT molecular complexity index is 662. The van der Waals surface area contributed by atoms with Crippen LogP contribution in [-0.4, -0.2) is 24.9 Å². The number of halogens is 1. The highest BCUT2D eigenvalue weighted by molar-refractivity contribution is 7.88. The Morgan fingerprint density at radius 1 is 1.15 bits per heavy atom. The van der Waals surface area contributed by atoms with E-state index in [2.05, 4.69) is 14.7 Å². The Labute approximate surface area is 123 Å². The molecule has 1 aromatic carbocycles. The van der Waals surface area contributed by atoms with Crippen molar-refractivity contribution < 1.29 is 8.42 Å². The van der Waals surface area contributed by atoms with Crippen molar-refractivity contribution in [3.63, 3.8) is 0 Å². The molecule has 0 fully saturated rings. The zero-order chi connectivity index (χ0) is 14.4. The van der Waals surface area contributed by atoms with Crippen molar-refractivity contribution >= 4 is 21.6 Å². The maximum Gasteiger partial charge on any atom is 0.215 e. The predicted octanol–water partition coefficient (Wildman–Crippen LogP) is 1.79. The molecule has 0 spiro atoms. The molecule has 0 unspecified atom stereocenters. The number of nitrogens with one attached hydrogen (secondary N) is 1. The largest absolute Gasteiger partial charge is 0.245 e. The molecular weight excluding hydrogens is 298 g/mol. The zero-order valence-electron chi connectivity index (χ0n) is 10.7. The molecule has 0 aliphatic heterocycles. The maximum atomic E-state index is 11.9. The van der Waals surface area contributed by atoms with Crippen LogP contribution in [0.4, 0.5) is 0 Å². The molecule has 106 valence electrons. The molecule has 20 heavy (non-hydrogen) atoms. The lowest BCUT2D eigenvalue weighted by Gasteiger charge is -2.07. The third-order valence-corrected chi connectivity index (χ3v) is 4.19. The fourth-order valence-electron chi connectivity index (χ4n) is 1.71. The highest BCUT2D eigenvalue weighted by Gasteiger charge is 2.11. The Morgan fingerprint density at radius 3 is 2.60 bits per heavy atom. The first kappa shape index (κ1) is 14.9. The second-order valence-electron chi connectivity index (χ2n) is 4.28. The van der Waals surface area contributed by atoms with Crippen LogP contribution < -0.4 is 4.72 Å². The maximum absolute atomic E-state index is 11.9. The van der Waals surface area contributed by atoms with E-state index in [1.165, 1.54) is 6.33 Å². The number of benzene rings is 1. The third-order valence-electron chi connectivity index (χ3n) is 2.60. The molecule has 0 aliphatic carbocycles. The summed E-state index contributed by atoms with van der Waals surface area (Å²) < 4.78 is 26.4. The van der Waals surface area contributed by atoms with Crippen LogP contribution >= 0.6 is 11.6 Å². The molecule has 0 amide bonds. The second kappa shape index (κ2) is 6.78. The van der Waals surface area contributed by atoms with E-state index in [1.807, 2.05) is 0 Å². The molecule has 1 heterocycles. The van der Waals surface area contributed by atoms with Gasteiger partial charge in [0.15, 0.2) is 0 Å². The van der Waals surface area contributed by atoms with Gasteiger partial charge in [-0.2, -0.15) is 0 Å². The van der Waals surface area contributed by atoms with Crippen molar-refractivity contribution in [3.8, 4) is 0 Å². The normalized spacial score (nSPS) is 11.4. The molecule has 1 N–H and O–H groups in total. The van der Waals surface area contributed by atoms with Gasteiger partial charge in [0.05, 0.1) is 5.75 Å². The van der Waals surface area contributed by atoms with E-state index in [0.29, 0.717) is 23.6 Å². The summed E-state index contributed by atoms with van der Waals surface area (Å²) in [6, 6.07) is 6.82. The Morgan fingerprint density at radius 2 is 1.90 bits per heavy atom. The van der Waals surface area contributed by atoms with Crippen molar-refractivity contribution in [1.82, 2.24) is 14.7 Å². The van der Waals surface area contributed by atoms with Crippen molar-refractivity contribution in [2.24, 2.45) is 0 Å². The third kappa shape index (κ3) is 4.88. The smallest absolute Gasteiger partial charge is 0.215 e. The van der Waals surface area contributed by atoms with E-state index < -0.39 is 10.0 Å². The predicted molar refractivity (Wildman–Crippen MR) is 77.8 cm³/mol. The Kier molecular flexibility index (Phi) is 5.05. The van der Waals surface area contributed by atoms with Gasteiger partial charge in [0.1, 0.15) is 6.33 Å². The lowest BCUT2D eigenvalue weighted by molar-refractivity contribution is 0.580. The molecule has 2 rings (SSSR count). The van der Waals surface area contributed by atoms with E-state index >= 15 is 0 Å². The number of hydrogen-bond donors (Lipinski definition) is 1. The molecule has 7 heteroatoms. The lowest BCUT2D eigenvalue weighted by Crippen LogP contribution is -2.27. The summed E-state index contributed by atoms with van der Waals surface area (Å²) in [5.41, 5.74) is 1.55. The highest BCUT2D eigenvalue weighted by atomic mass is 35.5. The molecular formula is C13H14ClN3O2S. The summed E-state index contributed by atoms with van der Waals surface area (Å²) in [6.45, 7) is 0.316. The van der Waals surface area contributed by atoms with Crippen LogP contribution in [0.1, 0.15) is 11.1 Å². The van der Waals surface area contributed by atoms with E-state index in [0.717, 1.165) is 5.56 Å². The zero-order valence-corrected chi connectivity index (χ0v) is 12.2. The molecule has 0 saturated heterocycles. The van der Waals surface area contributed by atoms with Crippen LogP contribution in [0.5, 0.6) is 0 Å². The first-order chi connectivity index (χ1) is 9.55. The molecule has 0 saturated carbocycles. The van der Waals surface area contributed by atoms with Gasteiger partial charge in [0.25, 0.3) is 0 Å². The second-order valence-corrected chi connectivity index (χ2v) is 6.52. The minimum Gasteiger partial charge on any atom is -0.245 e. The van der Waals surface area contributed by atoms with Crippen LogP contribution in [-0.2, 0) is 22.2 Å². The molecule has 0 radical (unpaired) electrons. The number of aromatic nitrogens is 2. The number of nitrogens with zero attached hydrogens (tertiary/aromatic N) is 2. The first-order valence-corrected chi connectivity index (χ1v) is 8.04. The lowest BCUT2D eigenvalue weighted by atomic mass is 10.2. The van der Waals surface area contributed by atoms with Gasteiger partial charge in [-0.15, -0.1) is 0 Å². The topological polar surface area (TPSA) is 72.0 Å². The van der Waals surface area contributed by atoms with Crippen LogP contribution in [0.3, 0.4) is 0 Å². The average Bonchev–Trinajstić information content (AvgIpc) is 2.39. The van der Waals surface area contributed by atoms with Crippen molar-refractivity contribution in [2.75, 3.05) is 6.54 Å². The van der Waals surface area contributed by atoms with Crippen LogP contribution in [0.25, 0.3) is 0 Å². The Balaban J connectivity index is 1.88. The molecule has 0 aliphatic rings. The molecule has 0 bridgehead atoms. The summed E-state index contributed by atoms with van der Waals surface area (Å²) in [6.07, 6.45) is 5.32. The van der Waals surface area contributed by atoms with Crippen LogP contribution in [0.2, 0.25) is 5.02 Å². The van der Waals surface area contributed by atoms with E-state index in [4.69, 9.17) is 11.6 Å². The standard InChI is InChI=1S/C13H14ClN3O2S/c14-13-3-1-2-11(6-13)9-20(18,19)17-5-4-12-7-15-10-16-8-12/h1-3,6-8,10,17H,4-5,9H2.